The normalized spacial score (nSPS) is 15.0. The Morgan fingerprint density at radius 1 is 1.00 bits per heavy atom. The number of hydrogen-bond donors (Lipinski definition) is 1. The van der Waals surface area contributed by atoms with E-state index in [1.165, 1.54) is 19.3 Å². The van der Waals surface area contributed by atoms with Crippen LogP contribution in [0.25, 0.3) is 11.3 Å². The van der Waals surface area contributed by atoms with Crippen molar-refractivity contribution >= 4 is 11.8 Å². The van der Waals surface area contributed by atoms with Gasteiger partial charge in [-0.2, -0.15) is 4.98 Å². The molecule has 2 aromatic rings. The molecule has 1 aromatic carbocycles. The molecule has 0 saturated carbocycles. The van der Waals surface area contributed by atoms with Gasteiger partial charge in [0.25, 0.3) is 0 Å². The largest absolute Gasteiger partial charge is 0.373 e. The van der Waals surface area contributed by atoms with Crippen LogP contribution in [0.4, 0.5) is 11.8 Å². The van der Waals surface area contributed by atoms with Gasteiger partial charge in [0.15, 0.2) is 0 Å². The first-order valence-corrected chi connectivity index (χ1v) is 7.66. The maximum Gasteiger partial charge on any atom is 0.227 e. The SMILES string of the molecule is CNc1nc(N2CCCCC2)nc(-c2ccccc2)c1C. The summed E-state index contributed by atoms with van der Waals surface area (Å²) in [5.74, 6) is 1.77. The van der Waals surface area contributed by atoms with Crippen LogP contribution < -0.4 is 10.2 Å². The van der Waals surface area contributed by atoms with Gasteiger partial charge in [-0.1, -0.05) is 30.3 Å². The summed E-state index contributed by atoms with van der Waals surface area (Å²) in [5, 5.41) is 3.21. The van der Waals surface area contributed by atoms with E-state index in [4.69, 9.17) is 9.97 Å². The maximum absolute atomic E-state index is 4.85. The Hall–Kier alpha value is -2.10. The Bertz CT molecular complexity index is 604. The molecular formula is C17H22N4. The molecule has 4 heteroatoms. The van der Waals surface area contributed by atoms with Crippen LogP contribution in [-0.4, -0.2) is 30.1 Å². The first-order chi connectivity index (χ1) is 10.3. The number of aromatic nitrogens is 2. The van der Waals surface area contributed by atoms with Gasteiger partial charge in [-0.15, -0.1) is 0 Å². The zero-order chi connectivity index (χ0) is 14.7. The molecular weight excluding hydrogens is 260 g/mol. The molecule has 1 fully saturated rings. The third-order valence-corrected chi connectivity index (χ3v) is 4.06. The highest BCUT2D eigenvalue weighted by molar-refractivity contribution is 5.69. The number of nitrogens with zero attached hydrogens (tertiary/aromatic N) is 3. The van der Waals surface area contributed by atoms with Crippen LogP contribution in [0.3, 0.4) is 0 Å². The molecule has 0 atom stereocenters. The summed E-state index contributed by atoms with van der Waals surface area (Å²) < 4.78 is 0. The van der Waals surface area contributed by atoms with Gasteiger partial charge >= 0.3 is 0 Å². The van der Waals surface area contributed by atoms with E-state index in [2.05, 4.69) is 41.4 Å². The highest BCUT2D eigenvalue weighted by atomic mass is 15.3. The van der Waals surface area contributed by atoms with Gasteiger partial charge in [-0.05, 0) is 26.2 Å². The summed E-state index contributed by atoms with van der Waals surface area (Å²) in [6.45, 7) is 4.19. The minimum atomic E-state index is 0.850. The van der Waals surface area contributed by atoms with Gasteiger partial charge in [0.1, 0.15) is 5.82 Å². The van der Waals surface area contributed by atoms with Crippen LogP contribution in [-0.2, 0) is 0 Å². The quantitative estimate of drug-likeness (QED) is 0.935. The molecule has 0 spiro atoms. The van der Waals surface area contributed by atoms with E-state index >= 15 is 0 Å². The summed E-state index contributed by atoms with van der Waals surface area (Å²) in [6, 6.07) is 10.3. The molecule has 2 heterocycles. The zero-order valence-electron chi connectivity index (χ0n) is 12.8. The lowest BCUT2D eigenvalue weighted by Crippen LogP contribution is -2.31. The second-order valence-corrected chi connectivity index (χ2v) is 5.51. The molecule has 0 amide bonds. The molecule has 1 aromatic heterocycles. The van der Waals surface area contributed by atoms with Gasteiger partial charge in [0.05, 0.1) is 5.69 Å². The van der Waals surface area contributed by atoms with E-state index in [1.807, 2.05) is 13.1 Å². The third kappa shape index (κ3) is 2.84. The Morgan fingerprint density at radius 2 is 1.71 bits per heavy atom. The standard InChI is InChI=1S/C17H22N4/c1-13-15(14-9-5-3-6-10-14)19-17(20-16(13)18-2)21-11-7-4-8-12-21/h3,5-6,9-10H,4,7-8,11-12H2,1-2H3,(H,18,19,20). The van der Waals surface area contributed by atoms with Gasteiger partial charge < -0.3 is 10.2 Å². The molecule has 21 heavy (non-hydrogen) atoms. The van der Waals surface area contributed by atoms with Crippen molar-refractivity contribution in [3.63, 3.8) is 0 Å². The minimum Gasteiger partial charge on any atom is -0.373 e. The molecule has 0 bridgehead atoms. The number of rotatable bonds is 3. The number of benzene rings is 1. The second-order valence-electron chi connectivity index (χ2n) is 5.51. The molecule has 1 aliphatic rings. The summed E-state index contributed by atoms with van der Waals surface area (Å²) in [7, 11) is 1.92. The fourth-order valence-corrected chi connectivity index (χ4v) is 2.86. The van der Waals surface area contributed by atoms with E-state index in [0.717, 1.165) is 41.7 Å². The average molecular weight is 282 g/mol. The van der Waals surface area contributed by atoms with E-state index in [-0.39, 0.29) is 0 Å². The van der Waals surface area contributed by atoms with Crippen molar-refractivity contribution in [2.75, 3.05) is 30.4 Å². The lowest BCUT2D eigenvalue weighted by molar-refractivity contribution is 0.568. The number of nitrogens with one attached hydrogen (secondary N) is 1. The summed E-state index contributed by atoms with van der Waals surface area (Å²) in [5.41, 5.74) is 3.27. The molecule has 1 N–H and O–H groups in total. The van der Waals surface area contributed by atoms with Crippen LogP contribution in [0.2, 0.25) is 0 Å². The van der Waals surface area contributed by atoms with Crippen LogP contribution in [0.5, 0.6) is 0 Å². The predicted molar refractivity (Wildman–Crippen MR) is 87.8 cm³/mol. The lowest BCUT2D eigenvalue weighted by Gasteiger charge is -2.27. The molecule has 3 rings (SSSR count). The summed E-state index contributed by atoms with van der Waals surface area (Å²) in [4.78, 5) is 11.9. The Balaban J connectivity index is 2.06. The fraction of sp³-hybridized carbons (Fsp3) is 0.412. The fourth-order valence-electron chi connectivity index (χ4n) is 2.86. The van der Waals surface area contributed by atoms with Crippen molar-refractivity contribution in [1.82, 2.24) is 9.97 Å². The Labute approximate surface area is 126 Å². The first-order valence-electron chi connectivity index (χ1n) is 7.66. The van der Waals surface area contributed by atoms with E-state index in [9.17, 15) is 0 Å². The first kappa shape index (κ1) is 13.9. The maximum atomic E-state index is 4.85. The Kier molecular flexibility index (Phi) is 4.04. The van der Waals surface area contributed by atoms with Crippen molar-refractivity contribution in [2.24, 2.45) is 0 Å². The van der Waals surface area contributed by atoms with Gasteiger partial charge in [-0.25, -0.2) is 4.98 Å². The summed E-state index contributed by atoms with van der Waals surface area (Å²) >= 11 is 0. The topological polar surface area (TPSA) is 41.1 Å². The highest BCUT2D eigenvalue weighted by Gasteiger charge is 2.18. The van der Waals surface area contributed by atoms with Gasteiger partial charge in [0.2, 0.25) is 5.95 Å². The second kappa shape index (κ2) is 6.12. The van der Waals surface area contributed by atoms with Crippen molar-refractivity contribution in [2.45, 2.75) is 26.2 Å². The molecule has 0 aliphatic carbocycles. The van der Waals surface area contributed by atoms with Crippen molar-refractivity contribution in [3.05, 3.63) is 35.9 Å². The van der Waals surface area contributed by atoms with Crippen molar-refractivity contribution in [1.29, 1.82) is 0 Å². The summed E-state index contributed by atoms with van der Waals surface area (Å²) in [6.07, 6.45) is 3.77. The van der Waals surface area contributed by atoms with E-state index < -0.39 is 0 Å². The smallest absolute Gasteiger partial charge is 0.227 e. The van der Waals surface area contributed by atoms with Gasteiger partial charge in [-0.3, -0.25) is 0 Å². The van der Waals surface area contributed by atoms with Crippen LogP contribution in [0.1, 0.15) is 24.8 Å². The molecule has 1 saturated heterocycles. The number of piperidine rings is 1. The molecule has 0 radical (unpaired) electrons. The Morgan fingerprint density at radius 3 is 2.38 bits per heavy atom. The molecule has 0 unspecified atom stereocenters. The third-order valence-electron chi connectivity index (χ3n) is 4.06. The molecule has 4 nitrogen and oxygen atoms in total. The minimum absolute atomic E-state index is 0.850. The lowest BCUT2D eigenvalue weighted by atomic mass is 10.1. The monoisotopic (exact) mass is 282 g/mol. The van der Waals surface area contributed by atoms with Crippen LogP contribution in [0, 0.1) is 6.92 Å². The van der Waals surface area contributed by atoms with Crippen LogP contribution >= 0.6 is 0 Å². The van der Waals surface area contributed by atoms with E-state index in [0.29, 0.717) is 0 Å². The van der Waals surface area contributed by atoms with Crippen LogP contribution in [0.15, 0.2) is 30.3 Å². The number of anilines is 2. The average Bonchev–Trinajstić information content (AvgIpc) is 2.56. The van der Waals surface area contributed by atoms with Crippen molar-refractivity contribution in [3.8, 4) is 11.3 Å². The van der Waals surface area contributed by atoms with Crippen molar-refractivity contribution < 1.29 is 0 Å². The predicted octanol–water partition coefficient (Wildman–Crippen LogP) is 3.48. The van der Waals surface area contributed by atoms with E-state index in [1.54, 1.807) is 0 Å². The molecule has 110 valence electrons. The highest BCUT2D eigenvalue weighted by Crippen LogP contribution is 2.28. The van der Waals surface area contributed by atoms with Gasteiger partial charge in [0, 0.05) is 31.3 Å². The molecule has 1 aliphatic heterocycles. The number of hydrogen-bond acceptors (Lipinski definition) is 4. The zero-order valence-corrected chi connectivity index (χ0v) is 12.8.